The number of rotatable bonds is 5. The van der Waals surface area contributed by atoms with Gasteiger partial charge in [0, 0.05) is 42.2 Å². The third-order valence-electron chi connectivity index (χ3n) is 5.06. The summed E-state index contributed by atoms with van der Waals surface area (Å²) in [5.41, 5.74) is 2.57. The number of benzene rings is 2. The molecule has 28 heavy (non-hydrogen) atoms. The minimum Gasteiger partial charge on any atom is -0.378 e. The Bertz CT molecular complexity index is 961. The van der Waals surface area contributed by atoms with Crippen LogP contribution in [-0.4, -0.2) is 54.0 Å². The summed E-state index contributed by atoms with van der Waals surface area (Å²) in [5, 5.41) is 4.01. The number of hydrogen-bond donors (Lipinski definition) is 2. The van der Waals surface area contributed by atoms with Crippen LogP contribution in [0.2, 0.25) is 0 Å². The van der Waals surface area contributed by atoms with E-state index in [1.54, 1.807) is 17.0 Å². The van der Waals surface area contributed by atoms with E-state index < -0.39 is 6.04 Å². The molecular formula is C22H23N3O3. The van der Waals surface area contributed by atoms with Crippen molar-refractivity contribution in [2.45, 2.75) is 12.5 Å². The second kappa shape index (κ2) is 8.27. The highest BCUT2D eigenvalue weighted by molar-refractivity contribution is 5.98. The van der Waals surface area contributed by atoms with E-state index in [-0.39, 0.29) is 11.8 Å². The Morgan fingerprint density at radius 2 is 1.75 bits per heavy atom. The number of hydrogen-bond acceptors (Lipinski definition) is 3. The van der Waals surface area contributed by atoms with Crippen LogP contribution >= 0.6 is 0 Å². The first-order valence-corrected chi connectivity index (χ1v) is 9.50. The number of carbonyl (C=O) groups is 2. The van der Waals surface area contributed by atoms with Crippen LogP contribution in [0.4, 0.5) is 0 Å². The van der Waals surface area contributed by atoms with Crippen molar-refractivity contribution >= 4 is 22.7 Å². The molecule has 1 aliphatic rings. The van der Waals surface area contributed by atoms with Gasteiger partial charge < -0.3 is 19.9 Å². The van der Waals surface area contributed by atoms with Crippen molar-refractivity contribution in [3.63, 3.8) is 0 Å². The Morgan fingerprint density at radius 3 is 2.54 bits per heavy atom. The van der Waals surface area contributed by atoms with Crippen molar-refractivity contribution in [3.05, 3.63) is 71.9 Å². The van der Waals surface area contributed by atoms with Crippen molar-refractivity contribution in [1.29, 1.82) is 0 Å². The highest BCUT2D eigenvalue weighted by atomic mass is 16.5. The summed E-state index contributed by atoms with van der Waals surface area (Å²) in [4.78, 5) is 30.9. The molecule has 1 atom stereocenters. The lowest BCUT2D eigenvalue weighted by Crippen LogP contribution is -2.52. The number of H-pyrrole nitrogens is 1. The summed E-state index contributed by atoms with van der Waals surface area (Å²) in [6.45, 7) is 2.14. The van der Waals surface area contributed by atoms with E-state index in [1.165, 1.54) is 0 Å². The minimum absolute atomic E-state index is 0.0714. The smallest absolute Gasteiger partial charge is 0.251 e. The van der Waals surface area contributed by atoms with E-state index in [2.05, 4.69) is 10.3 Å². The van der Waals surface area contributed by atoms with Crippen molar-refractivity contribution in [2.75, 3.05) is 26.3 Å². The van der Waals surface area contributed by atoms with Gasteiger partial charge in [0.25, 0.3) is 5.91 Å². The highest BCUT2D eigenvalue weighted by Gasteiger charge is 2.28. The van der Waals surface area contributed by atoms with Crippen LogP contribution in [0.15, 0.2) is 60.8 Å². The molecule has 1 saturated heterocycles. The molecule has 3 aromatic rings. The lowest BCUT2D eigenvalue weighted by Gasteiger charge is -2.30. The molecular weight excluding hydrogens is 354 g/mol. The Balaban J connectivity index is 1.58. The van der Waals surface area contributed by atoms with Gasteiger partial charge >= 0.3 is 0 Å². The number of aromatic nitrogens is 1. The van der Waals surface area contributed by atoms with Crippen LogP contribution in [0, 0.1) is 0 Å². The quantitative estimate of drug-likeness (QED) is 0.717. The first-order chi connectivity index (χ1) is 13.7. The van der Waals surface area contributed by atoms with E-state index in [1.807, 2.05) is 48.7 Å². The third-order valence-corrected chi connectivity index (χ3v) is 5.06. The summed E-state index contributed by atoms with van der Waals surface area (Å²) in [6.07, 6.45) is 2.34. The Morgan fingerprint density at radius 1 is 1.04 bits per heavy atom. The van der Waals surface area contributed by atoms with Gasteiger partial charge in [-0.05, 0) is 23.8 Å². The number of nitrogens with one attached hydrogen (secondary N) is 2. The second-order valence-corrected chi connectivity index (χ2v) is 6.89. The number of morpholine rings is 1. The second-order valence-electron chi connectivity index (χ2n) is 6.89. The number of nitrogens with zero attached hydrogens (tertiary/aromatic N) is 1. The Labute approximate surface area is 163 Å². The Kier molecular flexibility index (Phi) is 5.39. The predicted molar refractivity (Wildman–Crippen MR) is 107 cm³/mol. The van der Waals surface area contributed by atoms with Gasteiger partial charge in [0.2, 0.25) is 5.91 Å². The van der Waals surface area contributed by atoms with Crippen LogP contribution in [0.5, 0.6) is 0 Å². The van der Waals surface area contributed by atoms with Gasteiger partial charge in [-0.2, -0.15) is 0 Å². The molecule has 0 saturated carbocycles. The van der Waals surface area contributed by atoms with Gasteiger partial charge in [0.1, 0.15) is 6.04 Å². The average molecular weight is 377 g/mol. The predicted octanol–water partition coefficient (Wildman–Crippen LogP) is 2.37. The zero-order chi connectivity index (χ0) is 19.3. The molecule has 4 rings (SSSR count). The zero-order valence-corrected chi connectivity index (χ0v) is 15.6. The summed E-state index contributed by atoms with van der Waals surface area (Å²) < 4.78 is 5.36. The van der Waals surface area contributed by atoms with E-state index >= 15 is 0 Å². The maximum absolute atomic E-state index is 13.2. The molecule has 0 unspecified atom stereocenters. The third kappa shape index (κ3) is 3.92. The van der Waals surface area contributed by atoms with Gasteiger partial charge in [-0.3, -0.25) is 9.59 Å². The Hall–Kier alpha value is -3.12. The van der Waals surface area contributed by atoms with Gasteiger partial charge in [0.05, 0.1) is 13.2 Å². The van der Waals surface area contributed by atoms with Gasteiger partial charge in [0.15, 0.2) is 0 Å². The molecule has 2 N–H and O–H groups in total. The van der Waals surface area contributed by atoms with Crippen molar-refractivity contribution in [2.24, 2.45) is 0 Å². The fourth-order valence-corrected chi connectivity index (χ4v) is 3.56. The standard InChI is InChI=1S/C22H23N3O3/c26-21(16-6-2-1-3-7-16)24-20(22(27)25-10-12-28-13-11-25)14-17-15-23-19-9-5-4-8-18(17)19/h1-9,15,20,23H,10-14H2,(H,24,26)/t20-/m1/s1. The van der Waals surface area contributed by atoms with E-state index in [4.69, 9.17) is 4.74 Å². The normalized spacial score (nSPS) is 15.4. The SMILES string of the molecule is O=C(N[C@H](Cc1c[nH]c2ccccc12)C(=O)N1CCOCC1)c1ccccc1. The van der Waals surface area contributed by atoms with E-state index in [0.29, 0.717) is 38.3 Å². The summed E-state index contributed by atoms with van der Waals surface area (Å²) >= 11 is 0. The average Bonchev–Trinajstić information content (AvgIpc) is 3.17. The maximum atomic E-state index is 13.2. The summed E-state index contributed by atoms with van der Waals surface area (Å²) in [6, 6.07) is 16.3. The molecule has 2 heterocycles. The summed E-state index contributed by atoms with van der Waals surface area (Å²) in [7, 11) is 0. The fourth-order valence-electron chi connectivity index (χ4n) is 3.56. The molecule has 1 aliphatic heterocycles. The highest BCUT2D eigenvalue weighted by Crippen LogP contribution is 2.20. The van der Waals surface area contributed by atoms with Gasteiger partial charge in [-0.15, -0.1) is 0 Å². The molecule has 6 heteroatoms. The van der Waals surface area contributed by atoms with E-state index in [0.717, 1.165) is 16.5 Å². The first kappa shape index (κ1) is 18.3. The van der Waals surface area contributed by atoms with Crippen LogP contribution in [0.25, 0.3) is 10.9 Å². The number of amides is 2. The van der Waals surface area contributed by atoms with Gasteiger partial charge in [-0.25, -0.2) is 0 Å². The molecule has 0 spiro atoms. The van der Waals surface area contributed by atoms with Crippen LogP contribution in [-0.2, 0) is 16.0 Å². The van der Waals surface area contributed by atoms with Crippen LogP contribution in [0.3, 0.4) is 0 Å². The number of ether oxygens (including phenoxy) is 1. The van der Waals surface area contributed by atoms with Crippen molar-refractivity contribution in [3.8, 4) is 0 Å². The molecule has 144 valence electrons. The number of carbonyl (C=O) groups excluding carboxylic acids is 2. The molecule has 2 aromatic carbocycles. The van der Waals surface area contributed by atoms with Gasteiger partial charge in [-0.1, -0.05) is 36.4 Å². The van der Waals surface area contributed by atoms with Crippen molar-refractivity contribution in [1.82, 2.24) is 15.2 Å². The lowest BCUT2D eigenvalue weighted by molar-refractivity contribution is -0.137. The van der Waals surface area contributed by atoms with E-state index in [9.17, 15) is 9.59 Å². The first-order valence-electron chi connectivity index (χ1n) is 9.50. The maximum Gasteiger partial charge on any atom is 0.251 e. The van der Waals surface area contributed by atoms with Crippen molar-refractivity contribution < 1.29 is 14.3 Å². The topological polar surface area (TPSA) is 74.4 Å². The molecule has 0 aliphatic carbocycles. The molecule has 1 fully saturated rings. The minimum atomic E-state index is -0.634. The molecule has 0 radical (unpaired) electrons. The van der Waals surface area contributed by atoms with Crippen LogP contribution in [0.1, 0.15) is 15.9 Å². The zero-order valence-electron chi connectivity index (χ0n) is 15.6. The largest absolute Gasteiger partial charge is 0.378 e. The monoisotopic (exact) mass is 377 g/mol. The number of aromatic amines is 1. The molecule has 6 nitrogen and oxygen atoms in total. The van der Waals surface area contributed by atoms with Crippen LogP contribution < -0.4 is 5.32 Å². The molecule has 2 amide bonds. The number of fused-ring (bicyclic) bond motifs is 1. The molecule has 0 bridgehead atoms. The lowest BCUT2D eigenvalue weighted by atomic mass is 10.0. The molecule has 1 aromatic heterocycles. The summed E-state index contributed by atoms with van der Waals surface area (Å²) in [5.74, 6) is -0.315. The fraction of sp³-hybridized carbons (Fsp3) is 0.273. The number of para-hydroxylation sites is 1.